The smallest absolute Gasteiger partial charge is 0.325 e. The number of ketones is 2. The number of H-pyrrole nitrogens is 2. The van der Waals surface area contributed by atoms with Gasteiger partial charge < -0.3 is 47.9 Å². The molecular formula is C30H34FN7O12. The number of nitrogens with zero attached hydrogens (tertiary/aromatic N) is 1. The number of carbonyl (C=O) groups is 7. The van der Waals surface area contributed by atoms with Crippen molar-refractivity contribution in [3.05, 3.63) is 57.3 Å². The Labute approximate surface area is 280 Å². The first-order chi connectivity index (χ1) is 23.4. The van der Waals surface area contributed by atoms with Crippen LogP contribution in [0.3, 0.4) is 0 Å². The lowest BCUT2D eigenvalue weighted by Gasteiger charge is -2.33. The lowest BCUT2D eigenvalue weighted by Crippen LogP contribution is -2.61. The molecule has 0 aliphatic rings. The van der Waals surface area contributed by atoms with Crippen LogP contribution in [0.1, 0.15) is 53.6 Å². The first-order valence-electron chi connectivity index (χ1n) is 14.8. The summed E-state index contributed by atoms with van der Waals surface area (Å²) in [4.78, 5) is 109. The molecule has 50 heavy (non-hydrogen) atoms. The van der Waals surface area contributed by atoms with Crippen molar-refractivity contribution in [3.8, 4) is 0 Å². The highest BCUT2D eigenvalue weighted by Crippen LogP contribution is 2.32. The molecule has 1 unspecified atom stereocenters. The highest BCUT2D eigenvalue weighted by atomic mass is 19.1. The number of aromatic nitrogens is 3. The Bertz CT molecular complexity index is 1910. The Balaban J connectivity index is 1.93. The third kappa shape index (κ3) is 8.71. The van der Waals surface area contributed by atoms with E-state index in [2.05, 4.69) is 20.3 Å². The van der Waals surface area contributed by atoms with E-state index in [0.29, 0.717) is 11.1 Å². The normalized spacial score (nSPS) is 14.2. The fourth-order valence-electron chi connectivity index (χ4n) is 5.33. The van der Waals surface area contributed by atoms with Gasteiger partial charge in [0.1, 0.15) is 17.5 Å². The number of anilines is 1. The van der Waals surface area contributed by atoms with E-state index < -0.39 is 114 Å². The van der Waals surface area contributed by atoms with E-state index in [1.807, 2.05) is 0 Å². The fourth-order valence-corrected chi connectivity index (χ4v) is 5.33. The van der Waals surface area contributed by atoms with E-state index in [0.717, 1.165) is 12.1 Å². The zero-order valence-corrected chi connectivity index (χ0v) is 26.1. The number of aryl methyl sites for hydroxylation is 2. The lowest BCUT2D eigenvalue weighted by atomic mass is 9.69. The third-order valence-corrected chi connectivity index (χ3v) is 7.93. The number of rotatable bonds is 19. The predicted molar refractivity (Wildman–Crippen MR) is 168 cm³/mol. The molecule has 3 aromatic rings. The van der Waals surface area contributed by atoms with Gasteiger partial charge in [-0.1, -0.05) is 6.07 Å². The molecule has 0 bridgehead atoms. The number of nitrogens with one attached hydrogen (secondary N) is 3. The van der Waals surface area contributed by atoms with Crippen LogP contribution in [-0.2, 0) is 41.6 Å². The number of Topliss-reactive ketones (excluding diaryl/α,β-unsaturated/α-hetero) is 2. The topological polar surface area (TPSA) is 352 Å². The molecule has 0 radical (unpaired) electrons. The van der Waals surface area contributed by atoms with Gasteiger partial charge in [0, 0.05) is 25.5 Å². The number of carbonyl (C=O) groups excluding carboxylic acids is 3. The Kier molecular flexibility index (Phi) is 12.2. The number of halogens is 1. The van der Waals surface area contributed by atoms with Gasteiger partial charge in [-0.2, -0.15) is 4.98 Å². The lowest BCUT2D eigenvalue weighted by molar-refractivity contribution is -0.162. The maximum Gasteiger partial charge on any atom is 0.325 e. The minimum Gasteiger partial charge on any atom is -0.481 e. The van der Waals surface area contributed by atoms with E-state index in [4.69, 9.17) is 22.3 Å². The van der Waals surface area contributed by atoms with Crippen LogP contribution in [0.4, 0.5) is 10.3 Å². The van der Waals surface area contributed by atoms with Crippen LogP contribution >= 0.6 is 0 Å². The molecule has 0 aliphatic heterocycles. The molecule has 13 N–H and O–H groups in total. The minimum atomic E-state index is -3.39. The summed E-state index contributed by atoms with van der Waals surface area (Å²) >= 11 is 0. The quantitative estimate of drug-likeness (QED) is 0.0664. The number of hydrogen-bond donors (Lipinski definition) is 10. The summed E-state index contributed by atoms with van der Waals surface area (Å²) in [5.41, 5.74) is 13.4. The molecule has 3 rings (SSSR count). The number of aromatic amines is 2. The number of amides is 1. The molecule has 0 saturated heterocycles. The van der Waals surface area contributed by atoms with Crippen molar-refractivity contribution >= 4 is 58.3 Å². The van der Waals surface area contributed by atoms with Crippen LogP contribution in [0.5, 0.6) is 0 Å². The number of carboxylic acid groups (broad SMARTS) is 4. The highest BCUT2D eigenvalue weighted by molar-refractivity contribution is 6.25. The molecule has 0 saturated carbocycles. The maximum atomic E-state index is 15.3. The fraction of sp³-hybridized carbons (Fsp3) is 0.367. The van der Waals surface area contributed by atoms with E-state index in [1.54, 1.807) is 0 Å². The maximum absolute atomic E-state index is 15.3. The second-order valence-corrected chi connectivity index (χ2v) is 11.4. The van der Waals surface area contributed by atoms with Crippen LogP contribution in [0.2, 0.25) is 0 Å². The number of carboxylic acids is 4. The number of benzene rings is 1. The zero-order valence-electron chi connectivity index (χ0n) is 26.1. The van der Waals surface area contributed by atoms with Gasteiger partial charge in [0.05, 0.1) is 23.0 Å². The van der Waals surface area contributed by atoms with Crippen molar-refractivity contribution in [1.82, 2.24) is 20.3 Å². The molecule has 0 aliphatic carbocycles. The standard InChI is InChI=1S/C30H34FN7O12/c31-15-9-12(1-3-13-11-35-24-21(13)26(46)38-29(34)37-24)2-4-14(15)25(45)36-18(6-8-20(41)42)23(44)30(28(49)50,10-17(33)27(47)48)22(43)16(32)5-7-19(39)40/h2,4,9,11,16-18H,1,3,5-8,10,32-33H2,(H,36,45)(H,39,40)(H,41,42)(H,47,48)(H,49,50)(H4,34,35,37,38,46)/t16-,17-,18-,30?/m0/s1. The average molecular weight is 704 g/mol. The van der Waals surface area contributed by atoms with Gasteiger partial charge in [-0.05, 0) is 48.9 Å². The molecule has 2 heterocycles. The highest BCUT2D eigenvalue weighted by Gasteiger charge is 2.57. The monoisotopic (exact) mass is 703 g/mol. The Hall–Kier alpha value is -6.02. The van der Waals surface area contributed by atoms with Crippen LogP contribution < -0.4 is 28.1 Å². The largest absolute Gasteiger partial charge is 0.481 e. The Morgan fingerprint density at radius 1 is 0.920 bits per heavy atom. The Morgan fingerprint density at radius 2 is 1.56 bits per heavy atom. The summed E-state index contributed by atoms with van der Waals surface area (Å²) in [7, 11) is 0. The number of hydrogen-bond acceptors (Lipinski definition) is 12. The molecule has 4 atom stereocenters. The summed E-state index contributed by atoms with van der Waals surface area (Å²) in [5.74, 6) is -12.9. The van der Waals surface area contributed by atoms with Gasteiger partial charge in [0.2, 0.25) is 5.95 Å². The van der Waals surface area contributed by atoms with Gasteiger partial charge in [-0.3, -0.25) is 43.3 Å². The molecule has 20 heteroatoms. The minimum absolute atomic E-state index is 0.0952. The summed E-state index contributed by atoms with van der Waals surface area (Å²) in [6.07, 6.45) is -2.61. The molecule has 2 aromatic heterocycles. The molecular weight excluding hydrogens is 669 g/mol. The second kappa shape index (κ2) is 15.9. The van der Waals surface area contributed by atoms with E-state index in [-0.39, 0.29) is 29.8 Å². The van der Waals surface area contributed by atoms with Crippen LogP contribution in [-0.4, -0.2) is 94.9 Å². The van der Waals surface area contributed by atoms with Crippen molar-refractivity contribution in [1.29, 1.82) is 0 Å². The number of nitrogens with two attached hydrogens (primary N) is 3. The van der Waals surface area contributed by atoms with Crippen LogP contribution in [0.25, 0.3) is 11.0 Å². The zero-order chi connectivity index (χ0) is 37.5. The number of aliphatic carboxylic acids is 4. The molecule has 19 nitrogen and oxygen atoms in total. The van der Waals surface area contributed by atoms with Crippen LogP contribution in [0, 0.1) is 11.2 Å². The van der Waals surface area contributed by atoms with E-state index in [1.165, 1.54) is 12.3 Å². The molecule has 0 fully saturated rings. The van der Waals surface area contributed by atoms with Crippen molar-refractivity contribution in [2.75, 3.05) is 5.73 Å². The van der Waals surface area contributed by atoms with Gasteiger partial charge in [-0.15, -0.1) is 0 Å². The number of nitrogen functional groups attached to an aromatic ring is 1. The SMILES string of the molecule is Nc1nc2[nH]cc(CCc3ccc(C(=O)N[C@@H](CCC(=O)O)C(=O)C(C[C@H](N)C(=O)O)(C(=O)O)C(=O)[C@@H](N)CCC(=O)O)c(F)c3)c2c(=O)[nH]1. The summed E-state index contributed by atoms with van der Waals surface area (Å²) < 4.78 is 15.3. The summed E-state index contributed by atoms with van der Waals surface area (Å²) in [6.45, 7) is 0. The Morgan fingerprint density at radius 3 is 2.14 bits per heavy atom. The van der Waals surface area contributed by atoms with Crippen LogP contribution in [0.15, 0.2) is 29.2 Å². The second-order valence-electron chi connectivity index (χ2n) is 11.4. The van der Waals surface area contributed by atoms with Crippen molar-refractivity contribution in [2.45, 2.75) is 63.1 Å². The summed E-state index contributed by atoms with van der Waals surface area (Å²) in [6, 6.07) is -2.88. The molecule has 0 spiro atoms. The van der Waals surface area contributed by atoms with Gasteiger partial charge >= 0.3 is 23.9 Å². The van der Waals surface area contributed by atoms with E-state index in [9.17, 15) is 53.7 Å². The van der Waals surface area contributed by atoms with Gasteiger partial charge in [0.25, 0.3) is 11.5 Å². The van der Waals surface area contributed by atoms with Crippen molar-refractivity contribution in [2.24, 2.45) is 16.9 Å². The van der Waals surface area contributed by atoms with Crippen molar-refractivity contribution < 1.29 is 58.4 Å². The predicted octanol–water partition coefficient (Wildman–Crippen LogP) is -1.08. The van der Waals surface area contributed by atoms with Crippen molar-refractivity contribution in [3.63, 3.8) is 0 Å². The summed E-state index contributed by atoms with van der Waals surface area (Å²) in [5, 5.41) is 40.1. The average Bonchev–Trinajstić information content (AvgIpc) is 3.45. The third-order valence-electron chi connectivity index (χ3n) is 7.93. The molecule has 1 aromatic carbocycles. The first kappa shape index (κ1) is 38.4. The van der Waals surface area contributed by atoms with Gasteiger partial charge in [0.15, 0.2) is 17.0 Å². The van der Waals surface area contributed by atoms with E-state index >= 15 is 4.39 Å². The molecule has 1 amide bonds. The molecule has 268 valence electrons. The first-order valence-corrected chi connectivity index (χ1v) is 14.8. The number of fused-ring (bicyclic) bond motifs is 1. The van der Waals surface area contributed by atoms with Gasteiger partial charge in [-0.25, -0.2) is 4.39 Å².